The fourth-order valence-electron chi connectivity index (χ4n) is 5.46. The summed E-state index contributed by atoms with van der Waals surface area (Å²) in [5, 5.41) is 3.31. The molecular weight excluding hydrogens is 310 g/mol. The van der Waals surface area contributed by atoms with Crippen molar-refractivity contribution in [3.8, 4) is 0 Å². The number of hydrogen-bond acceptors (Lipinski definition) is 1. The van der Waals surface area contributed by atoms with Crippen LogP contribution in [0.1, 0.15) is 81.1 Å². The van der Waals surface area contributed by atoms with Gasteiger partial charge in [0.15, 0.2) is 0 Å². The topological polar surface area (TPSA) is 29.1 Å². The number of nitrogens with one attached hydrogen (secondary N) is 1. The van der Waals surface area contributed by atoms with Gasteiger partial charge in [-0.15, -0.1) is 0 Å². The molecule has 1 N–H and O–H groups in total. The maximum atomic E-state index is 12.6. The summed E-state index contributed by atoms with van der Waals surface area (Å²) in [4.78, 5) is 12.6. The Bertz CT molecular complexity index is 360. The van der Waals surface area contributed by atoms with E-state index in [0.29, 0.717) is 5.91 Å². The summed E-state index contributed by atoms with van der Waals surface area (Å²) in [7, 11) is -1.38. The summed E-state index contributed by atoms with van der Waals surface area (Å²) < 4.78 is 0. The Balaban J connectivity index is 2.52. The summed E-state index contributed by atoms with van der Waals surface area (Å²) in [5.41, 5.74) is 2.32. The van der Waals surface area contributed by atoms with E-state index < -0.39 is 8.07 Å². The highest BCUT2D eigenvalue weighted by Gasteiger charge is 2.42. The highest BCUT2D eigenvalue weighted by Crippen LogP contribution is 2.44. The lowest BCUT2D eigenvalue weighted by Gasteiger charge is -2.43. The van der Waals surface area contributed by atoms with Crippen LogP contribution in [-0.4, -0.2) is 20.5 Å². The Morgan fingerprint density at radius 3 is 1.71 bits per heavy atom. The van der Waals surface area contributed by atoms with Gasteiger partial charge in [0.25, 0.3) is 0 Å². The molecule has 0 aromatic carbocycles. The Morgan fingerprint density at radius 2 is 1.33 bits per heavy atom. The van der Waals surface area contributed by atoms with Crippen LogP contribution in [0.25, 0.3) is 0 Å². The van der Waals surface area contributed by atoms with Crippen LogP contribution in [0.3, 0.4) is 0 Å². The van der Waals surface area contributed by atoms with E-state index in [4.69, 9.17) is 0 Å². The van der Waals surface area contributed by atoms with E-state index >= 15 is 0 Å². The predicted molar refractivity (Wildman–Crippen MR) is 109 cm³/mol. The van der Waals surface area contributed by atoms with E-state index in [1.807, 2.05) is 0 Å². The standard InChI is InChI=1S/C21H43NOSi/c1-15(2)19-9-11-20(12-10-19)21(23)22-13-14-24(16(3)4,17(5)6)18(7)8/h15-20H,9-14H2,1-8H3,(H,22,23). The van der Waals surface area contributed by atoms with Crippen LogP contribution in [0.2, 0.25) is 22.7 Å². The molecule has 0 atom stereocenters. The molecule has 24 heavy (non-hydrogen) atoms. The molecule has 1 fully saturated rings. The van der Waals surface area contributed by atoms with Gasteiger partial charge in [-0.25, -0.2) is 0 Å². The molecular formula is C21H43NOSi. The number of carbonyl (C=O) groups is 1. The highest BCUT2D eigenvalue weighted by molar-refractivity contribution is 6.83. The predicted octanol–water partition coefficient (Wildman–Crippen LogP) is 6.24. The third-order valence-corrected chi connectivity index (χ3v) is 14.7. The molecule has 1 rings (SSSR count). The lowest BCUT2D eigenvalue weighted by Crippen LogP contribution is -2.47. The second-order valence-corrected chi connectivity index (χ2v) is 15.7. The zero-order valence-corrected chi connectivity index (χ0v) is 18.6. The third kappa shape index (κ3) is 5.09. The number of amides is 1. The zero-order chi connectivity index (χ0) is 18.5. The molecule has 0 bridgehead atoms. The molecule has 3 heteroatoms. The van der Waals surface area contributed by atoms with Crippen molar-refractivity contribution in [1.29, 1.82) is 0 Å². The first-order valence-electron chi connectivity index (χ1n) is 10.4. The molecule has 0 unspecified atom stereocenters. The van der Waals surface area contributed by atoms with Crippen molar-refractivity contribution in [3.63, 3.8) is 0 Å². The first kappa shape index (κ1) is 21.7. The van der Waals surface area contributed by atoms with Gasteiger partial charge < -0.3 is 5.32 Å². The minimum absolute atomic E-state index is 0.271. The van der Waals surface area contributed by atoms with E-state index in [1.54, 1.807) is 0 Å². The molecule has 0 spiro atoms. The minimum Gasteiger partial charge on any atom is -0.356 e. The van der Waals surface area contributed by atoms with Gasteiger partial charge in [0.2, 0.25) is 5.91 Å². The molecule has 1 amide bonds. The van der Waals surface area contributed by atoms with Crippen molar-refractivity contribution < 1.29 is 4.79 Å². The molecule has 1 saturated carbocycles. The fourth-order valence-corrected chi connectivity index (χ4v) is 11.8. The number of hydrogen-bond donors (Lipinski definition) is 1. The molecule has 142 valence electrons. The van der Waals surface area contributed by atoms with Crippen LogP contribution in [-0.2, 0) is 4.79 Å². The molecule has 0 aromatic rings. The number of carbonyl (C=O) groups excluding carboxylic acids is 1. The maximum absolute atomic E-state index is 12.6. The van der Waals surface area contributed by atoms with E-state index in [0.717, 1.165) is 47.8 Å². The molecule has 0 aliphatic heterocycles. The van der Waals surface area contributed by atoms with E-state index in [1.165, 1.54) is 18.9 Å². The van der Waals surface area contributed by atoms with Gasteiger partial charge >= 0.3 is 0 Å². The Morgan fingerprint density at radius 1 is 0.875 bits per heavy atom. The second kappa shape index (κ2) is 9.40. The van der Waals surface area contributed by atoms with E-state index in [9.17, 15) is 4.79 Å². The van der Waals surface area contributed by atoms with Crippen molar-refractivity contribution >= 4 is 14.0 Å². The summed E-state index contributed by atoms with van der Waals surface area (Å²) >= 11 is 0. The van der Waals surface area contributed by atoms with Gasteiger partial charge in [0.1, 0.15) is 0 Å². The molecule has 0 aromatic heterocycles. The zero-order valence-electron chi connectivity index (χ0n) is 17.6. The summed E-state index contributed by atoms with van der Waals surface area (Å²) in [5.74, 6) is 2.20. The normalized spacial score (nSPS) is 22.7. The summed E-state index contributed by atoms with van der Waals surface area (Å²) in [6.07, 6.45) is 4.66. The second-order valence-electron chi connectivity index (χ2n) is 9.47. The van der Waals surface area contributed by atoms with E-state index in [2.05, 4.69) is 60.7 Å². The smallest absolute Gasteiger partial charge is 0.223 e. The summed E-state index contributed by atoms with van der Waals surface area (Å²) in [6, 6.07) is 1.23. The van der Waals surface area contributed by atoms with Crippen molar-refractivity contribution in [2.45, 2.75) is 104 Å². The minimum atomic E-state index is -1.38. The Labute approximate surface area is 152 Å². The number of rotatable bonds is 8. The van der Waals surface area contributed by atoms with Crippen molar-refractivity contribution in [1.82, 2.24) is 5.32 Å². The molecule has 0 saturated heterocycles. The van der Waals surface area contributed by atoms with Crippen molar-refractivity contribution in [2.75, 3.05) is 6.54 Å². The lowest BCUT2D eigenvalue weighted by atomic mass is 9.77. The molecule has 0 radical (unpaired) electrons. The SMILES string of the molecule is CC(C)C1CCC(C(=O)NCC[Si](C(C)C)(C(C)C)C(C)C)CC1. The van der Waals surface area contributed by atoms with Crippen molar-refractivity contribution in [3.05, 3.63) is 0 Å². The van der Waals surface area contributed by atoms with Gasteiger partial charge in [-0.2, -0.15) is 0 Å². The van der Waals surface area contributed by atoms with E-state index in [-0.39, 0.29) is 5.92 Å². The maximum Gasteiger partial charge on any atom is 0.223 e. The quantitative estimate of drug-likeness (QED) is 0.514. The lowest BCUT2D eigenvalue weighted by molar-refractivity contribution is -0.126. The Kier molecular flexibility index (Phi) is 8.51. The monoisotopic (exact) mass is 353 g/mol. The van der Waals surface area contributed by atoms with Crippen LogP contribution in [0.15, 0.2) is 0 Å². The third-order valence-electron chi connectivity index (χ3n) is 7.17. The van der Waals surface area contributed by atoms with Gasteiger partial charge in [-0.1, -0.05) is 72.0 Å². The van der Waals surface area contributed by atoms with Crippen LogP contribution in [0.4, 0.5) is 0 Å². The molecule has 1 aliphatic carbocycles. The van der Waals surface area contributed by atoms with Gasteiger partial charge in [-0.3, -0.25) is 4.79 Å². The molecule has 2 nitrogen and oxygen atoms in total. The van der Waals surface area contributed by atoms with Crippen LogP contribution >= 0.6 is 0 Å². The van der Waals surface area contributed by atoms with Crippen LogP contribution < -0.4 is 5.32 Å². The first-order chi connectivity index (χ1) is 11.1. The van der Waals surface area contributed by atoms with Gasteiger partial charge in [0.05, 0.1) is 8.07 Å². The summed E-state index contributed by atoms with van der Waals surface area (Å²) in [6.45, 7) is 20.0. The van der Waals surface area contributed by atoms with Crippen LogP contribution in [0, 0.1) is 17.8 Å². The Hall–Kier alpha value is -0.313. The van der Waals surface area contributed by atoms with Gasteiger partial charge in [-0.05, 0) is 43.6 Å². The average molecular weight is 354 g/mol. The van der Waals surface area contributed by atoms with Gasteiger partial charge in [0, 0.05) is 12.5 Å². The highest BCUT2D eigenvalue weighted by atomic mass is 28.3. The molecule has 1 aliphatic rings. The largest absolute Gasteiger partial charge is 0.356 e. The fraction of sp³-hybridized carbons (Fsp3) is 0.952. The van der Waals surface area contributed by atoms with Crippen LogP contribution in [0.5, 0.6) is 0 Å². The average Bonchev–Trinajstić information content (AvgIpc) is 2.50. The first-order valence-corrected chi connectivity index (χ1v) is 12.8. The van der Waals surface area contributed by atoms with Crippen molar-refractivity contribution in [2.24, 2.45) is 17.8 Å². The molecule has 0 heterocycles.